The molecule has 0 aliphatic heterocycles. The zero-order valence-electron chi connectivity index (χ0n) is 4.52. The summed E-state index contributed by atoms with van der Waals surface area (Å²) in [6, 6.07) is 0.616. The minimum absolute atomic E-state index is 0.353. The van der Waals surface area contributed by atoms with Crippen LogP contribution >= 0.6 is 0 Å². The number of hydrogen-bond acceptors (Lipinski definition) is 2. The van der Waals surface area contributed by atoms with Gasteiger partial charge < -0.3 is 10.4 Å². The minimum Gasteiger partial charge on any atom is -0.396 e. The maximum Gasteiger partial charge on any atom is 0.0474 e. The van der Waals surface area contributed by atoms with Gasteiger partial charge in [0.05, 0.1) is 0 Å². The van der Waals surface area contributed by atoms with Gasteiger partial charge in [-0.15, -0.1) is 0 Å². The summed E-state index contributed by atoms with van der Waals surface area (Å²) in [6.45, 7) is 0.353. The van der Waals surface area contributed by atoms with Crippen LogP contribution in [0.25, 0.3) is 0 Å². The molecule has 1 saturated carbocycles. The van der Waals surface area contributed by atoms with E-state index in [1.807, 2.05) is 7.05 Å². The van der Waals surface area contributed by atoms with E-state index in [2.05, 4.69) is 5.32 Å². The van der Waals surface area contributed by atoms with Crippen LogP contribution in [-0.2, 0) is 0 Å². The largest absolute Gasteiger partial charge is 0.396 e. The van der Waals surface area contributed by atoms with E-state index in [1.165, 1.54) is 0 Å². The molecule has 7 heavy (non-hydrogen) atoms. The van der Waals surface area contributed by atoms with Gasteiger partial charge in [-0.3, -0.25) is 0 Å². The summed E-state index contributed by atoms with van der Waals surface area (Å²) in [7, 11) is 1.93. The first-order valence-electron chi connectivity index (χ1n) is 2.66. The molecule has 1 fully saturated rings. The van der Waals surface area contributed by atoms with E-state index in [-0.39, 0.29) is 0 Å². The minimum atomic E-state index is 0.353. The molecule has 1 aliphatic rings. The zero-order chi connectivity index (χ0) is 5.28. The smallest absolute Gasteiger partial charge is 0.0474 e. The Balaban J connectivity index is 2.06. The summed E-state index contributed by atoms with van der Waals surface area (Å²) >= 11 is 0. The van der Waals surface area contributed by atoms with E-state index < -0.39 is 0 Å². The Bertz CT molecular complexity index is 57.1. The SMILES string of the molecule is CNC1CC1CO. The lowest BCUT2D eigenvalue weighted by atomic mass is 10.4. The van der Waals surface area contributed by atoms with Crippen LogP contribution in [0.2, 0.25) is 0 Å². The van der Waals surface area contributed by atoms with Crippen molar-refractivity contribution < 1.29 is 5.11 Å². The molecular weight excluding hydrogens is 90.1 g/mol. The second-order valence-corrected chi connectivity index (χ2v) is 2.07. The summed E-state index contributed by atoms with van der Waals surface area (Å²) in [5, 5.41) is 11.5. The molecule has 0 bridgehead atoms. The Hall–Kier alpha value is -0.0800. The summed E-state index contributed by atoms with van der Waals surface area (Å²) < 4.78 is 0. The topological polar surface area (TPSA) is 32.3 Å². The normalized spacial score (nSPS) is 38.6. The van der Waals surface area contributed by atoms with Crippen LogP contribution in [0.1, 0.15) is 6.42 Å². The van der Waals surface area contributed by atoms with Gasteiger partial charge in [0.1, 0.15) is 0 Å². The fourth-order valence-corrected chi connectivity index (χ4v) is 0.803. The molecule has 0 radical (unpaired) electrons. The van der Waals surface area contributed by atoms with Crippen LogP contribution in [0.3, 0.4) is 0 Å². The Labute approximate surface area is 43.5 Å². The molecule has 2 atom stereocenters. The Morgan fingerprint density at radius 3 is 2.71 bits per heavy atom. The molecule has 0 spiro atoms. The average Bonchev–Trinajstić information content (AvgIpc) is 2.43. The molecule has 2 nitrogen and oxygen atoms in total. The van der Waals surface area contributed by atoms with Crippen molar-refractivity contribution >= 4 is 0 Å². The molecule has 0 aromatic heterocycles. The third-order valence-corrected chi connectivity index (χ3v) is 1.53. The first kappa shape index (κ1) is 5.06. The standard InChI is InChI=1S/C5H11NO/c1-6-5-2-4(5)3-7/h4-7H,2-3H2,1H3. The zero-order valence-corrected chi connectivity index (χ0v) is 4.52. The molecular formula is C5H11NO. The molecule has 1 rings (SSSR count). The van der Waals surface area contributed by atoms with Crippen molar-refractivity contribution in [1.29, 1.82) is 0 Å². The van der Waals surface area contributed by atoms with Crippen LogP contribution in [-0.4, -0.2) is 24.8 Å². The highest BCUT2D eigenvalue weighted by atomic mass is 16.3. The molecule has 0 amide bonds. The van der Waals surface area contributed by atoms with Gasteiger partial charge in [-0.25, -0.2) is 0 Å². The number of nitrogens with one attached hydrogen (secondary N) is 1. The molecule has 2 N–H and O–H groups in total. The summed E-state index contributed by atoms with van der Waals surface area (Å²) in [5.74, 6) is 0.560. The summed E-state index contributed by atoms with van der Waals surface area (Å²) in [5.41, 5.74) is 0. The van der Waals surface area contributed by atoms with E-state index in [4.69, 9.17) is 5.11 Å². The predicted octanol–water partition coefficient (Wildman–Crippen LogP) is -0.413. The van der Waals surface area contributed by atoms with Gasteiger partial charge in [-0.05, 0) is 19.4 Å². The Morgan fingerprint density at radius 2 is 2.57 bits per heavy atom. The van der Waals surface area contributed by atoms with Crippen molar-refractivity contribution in [2.24, 2.45) is 5.92 Å². The van der Waals surface area contributed by atoms with Crippen molar-refractivity contribution in [3.8, 4) is 0 Å². The van der Waals surface area contributed by atoms with Gasteiger partial charge in [-0.1, -0.05) is 0 Å². The van der Waals surface area contributed by atoms with Crippen LogP contribution in [0, 0.1) is 5.92 Å². The maximum absolute atomic E-state index is 8.47. The van der Waals surface area contributed by atoms with Crippen molar-refractivity contribution in [3.63, 3.8) is 0 Å². The summed E-state index contributed by atoms with van der Waals surface area (Å²) in [4.78, 5) is 0. The lowest BCUT2D eigenvalue weighted by Gasteiger charge is -1.88. The predicted molar refractivity (Wildman–Crippen MR) is 28.0 cm³/mol. The summed E-state index contributed by atoms with van der Waals surface area (Å²) in [6.07, 6.45) is 1.16. The maximum atomic E-state index is 8.47. The highest BCUT2D eigenvalue weighted by Crippen LogP contribution is 2.28. The number of hydrogen-bond donors (Lipinski definition) is 2. The second-order valence-electron chi connectivity index (χ2n) is 2.07. The molecule has 1 aliphatic carbocycles. The highest BCUT2D eigenvalue weighted by molar-refractivity contribution is 4.90. The third kappa shape index (κ3) is 0.924. The molecule has 42 valence electrons. The quantitative estimate of drug-likeness (QED) is 0.495. The van der Waals surface area contributed by atoms with Crippen LogP contribution in [0.15, 0.2) is 0 Å². The van der Waals surface area contributed by atoms with Crippen molar-refractivity contribution in [1.82, 2.24) is 5.32 Å². The van der Waals surface area contributed by atoms with Gasteiger partial charge in [0.15, 0.2) is 0 Å². The Kier molecular flexibility index (Phi) is 1.30. The third-order valence-electron chi connectivity index (χ3n) is 1.53. The average molecular weight is 101 g/mol. The van der Waals surface area contributed by atoms with Crippen LogP contribution < -0.4 is 5.32 Å². The molecule has 0 aromatic rings. The van der Waals surface area contributed by atoms with Gasteiger partial charge in [0, 0.05) is 12.6 Å². The number of aliphatic hydroxyl groups excluding tert-OH is 1. The molecule has 0 aromatic carbocycles. The van der Waals surface area contributed by atoms with Gasteiger partial charge >= 0.3 is 0 Å². The van der Waals surface area contributed by atoms with Crippen molar-refractivity contribution in [2.75, 3.05) is 13.7 Å². The lowest BCUT2D eigenvalue weighted by Crippen LogP contribution is -2.11. The fraction of sp³-hybridized carbons (Fsp3) is 1.00. The van der Waals surface area contributed by atoms with E-state index in [0.717, 1.165) is 6.42 Å². The Morgan fingerprint density at radius 1 is 1.86 bits per heavy atom. The second kappa shape index (κ2) is 1.80. The van der Waals surface area contributed by atoms with E-state index in [1.54, 1.807) is 0 Å². The highest BCUT2D eigenvalue weighted by Gasteiger charge is 2.34. The number of rotatable bonds is 2. The van der Waals surface area contributed by atoms with Crippen molar-refractivity contribution in [3.05, 3.63) is 0 Å². The van der Waals surface area contributed by atoms with E-state index in [9.17, 15) is 0 Å². The van der Waals surface area contributed by atoms with Gasteiger partial charge in [-0.2, -0.15) is 0 Å². The lowest BCUT2D eigenvalue weighted by molar-refractivity contribution is 0.272. The number of aliphatic hydroxyl groups is 1. The first-order chi connectivity index (χ1) is 3.38. The first-order valence-corrected chi connectivity index (χ1v) is 2.66. The van der Waals surface area contributed by atoms with Gasteiger partial charge in [0.2, 0.25) is 0 Å². The van der Waals surface area contributed by atoms with E-state index >= 15 is 0 Å². The van der Waals surface area contributed by atoms with Gasteiger partial charge in [0.25, 0.3) is 0 Å². The molecule has 2 heteroatoms. The van der Waals surface area contributed by atoms with E-state index in [0.29, 0.717) is 18.6 Å². The molecule has 2 unspecified atom stereocenters. The van der Waals surface area contributed by atoms with Crippen molar-refractivity contribution in [2.45, 2.75) is 12.5 Å². The van der Waals surface area contributed by atoms with Crippen LogP contribution in [0.4, 0.5) is 0 Å². The molecule has 0 heterocycles. The monoisotopic (exact) mass is 101 g/mol. The molecule has 0 saturated heterocycles. The fourth-order valence-electron chi connectivity index (χ4n) is 0.803. The van der Waals surface area contributed by atoms with Crippen LogP contribution in [0.5, 0.6) is 0 Å².